The van der Waals surface area contributed by atoms with Gasteiger partial charge in [0.15, 0.2) is 12.6 Å². The number of ether oxygens (including phenoxy) is 11. The van der Waals surface area contributed by atoms with Crippen molar-refractivity contribution in [2.45, 2.75) is 61.4 Å². The summed E-state index contributed by atoms with van der Waals surface area (Å²) in [4.78, 5) is 0. The van der Waals surface area contributed by atoms with Gasteiger partial charge in [-0.25, -0.2) is 0 Å². The van der Waals surface area contributed by atoms with Gasteiger partial charge in [0, 0.05) is 56.9 Å². The van der Waals surface area contributed by atoms with Crippen LogP contribution in [-0.2, 0) is 52.1 Å². The van der Waals surface area contributed by atoms with Crippen molar-refractivity contribution >= 4 is 0 Å². The molecule has 0 radical (unpaired) electrons. The summed E-state index contributed by atoms with van der Waals surface area (Å²) in [6, 6.07) is 0. The van der Waals surface area contributed by atoms with Crippen LogP contribution < -0.4 is 0 Å². The molecule has 10 atom stereocenters. The van der Waals surface area contributed by atoms with Gasteiger partial charge in [-0.05, 0) is 0 Å². The third-order valence-corrected chi connectivity index (χ3v) is 5.73. The monoisotopic (exact) mass is 454 g/mol. The molecule has 11 nitrogen and oxygen atoms in total. The van der Waals surface area contributed by atoms with Crippen LogP contribution in [0, 0.1) is 0 Å². The average molecular weight is 455 g/mol. The van der Waals surface area contributed by atoms with E-state index in [1.807, 2.05) is 0 Å². The van der Waals surface area contributed by atoms with E-state index in [9.17, 15) is 0 Å². The van der Waals surface area contributed by atoms with Crippen LogP contribution in [0.1, 0.15) is 0 Å². The van der Waals surface area contributed by atoms with Crippen molar-refractivity contribution in [2.75, 3.05) is 70.1 Å². The zero-order valence-corrected chi connectivity index (χ0v) is 19.7. The third kappa shape index (κ3) is 5.92. The lowest BCUT2D eigenvalue weighted by Crippen LogP contribution is -2.66. The summed E-state index contributed by atoms with van der Waals surface area (Å²) in [7, 11) is 12.6. The topological polar surface area (TPSA) is 102 Å². The molecule has 0 amide bonds. The number of methoxy groups -OCH3 is 8. The van der Waals surface area contributed by atoms with E-state index in [2.05, 4.69) is 0 Å². The normalized spacial score (nSPS) is 41.4. The minimum atomic E-state index is -0.816. The highest BCUT2D eigenvalue weighted by Crippen LogP contribution is 2.33. The molecule has 0 aromatic rings. The molecule has 2 rings (SSSR count). The summed E-state index contributed by atoms with van der Waals surface area (Å²) in [6.45, 7) is 0.540. The van der Waals surface area contributed by atoms with Crippen LogP contribution in [0.5, 0.6) is 0 Å². The average Bonchev–Trinajstić information content (AvgIpc) is 2.79. The first-order valence-corrected chi connectivity index (χ1v) is 10.2. The number of hydrogen-bond donors (Lipinski definition) is 0. The van der Waals surface area contributed by atoms with E-state index in [0.29, 0.717) is 0 Å². The second-order valence-corrected chi connectivity index (χ2v) is 7.33. The fraction of sp³-hybridized carbons (Fsp3) is 1.00. The van der Waals surface area contributed by atoms with Gasteiger partial charge in [0.1, 0.15) is 48.8 Å². The fourth-order valence-corrected chi connectivity index (χ4v) is 4.29. The maximum Gasteiger partial charge on any atom is 0.187 e. The molecule has 31 heavy (non-hydrogen) atoms. The molecule has 11 heteroatoms. The lowest BCUT2D eigenvalue weighted by atomic mass is 9.96. The largest absolute Gasteiger partial charge is 0.382 e. The molecule has 0 bridgehead atoms. The number of rotatable bonds is 12. The maximum absolute atomic E-state index is 6.43. The highest BCUT2D eigenvalue weighted by atomic mass is 16.8. The maximum atomic E-state index is 6.43. The minimum Gasteiger partial charge on any atom is -0.382 e. The summed E-state index contributed by atoms with van der Waals surface area (Å²) in [5.41, 5.74) is 0. The summed E-state index contributed by atoms with van der Waals surface area (Å²) in [5, 5.41) is 0. The summed E-state index contributed by atoms with van der Waals surface area (Å²) in [6.07, 6.45) is -5.50. The first kappa shape index (κ1) is 26.8. The number of hydrogen-bond acceptors (Lipinski definition) is 11. The lowest BCUT2D eigenvalue weighted by Gasteiger charge is -2.49. The molecule has 4 unspecified atom stereocenters. The van der Waals surface area contributed by atoms with Gasteiger partial charge >= 0.3 is 0 Å². The van der Waals surface area contributed by atoms with Gasteiger partial charge in [-0.2, -0.15) is 0 Å². The van der Waals surface area contributed by atoms with Gasteiger partial charge < -0.3 is 52.1 Å². The first-order valence-electron chi connectivity index (χ1n) is 10.2. The molecular weight excluding hydrogens is 416 g/mol. The highest BCUT2D eigenvalue weighted by Gasteiger charge is 2.53. The quantitative estimate of drug-likeness (QED) is 0.393. The second kappa shape index (κ2) is 13.3. The van der Waals surface area contributed by atoms with Crippen molar-refractivity contribution in [1.82, 2.24) is 0 Å². The molecule has 2 aliphatic rings. The van der Waals surface area contributed by atoms with E-state index < -0.39 is 61.4 Å². The third-order valence-electron chi connectivity index (χ3n) is 5.73. The van der Waals surface area contributed by atoms with E-state index in [1.165, 1.54) is 0 Å². The van der Waals surface area contributed by atoms with Crippen LogP contribution in [0.25, 0.3) is 0 Å². The van der Waals surface area contributed by atoms with E-state index in [4.69, 9.17) is 52.1 Å². The molecule has 184 valence electrons. The van der Waals surface area contributed by atoms with Crippen molar-refractivity contribution in [2.24, 2.45) is 0 Å². The Kier molecular flexibility index (Phi) is 11.5. The summed E-state index contributed by atoms with van der Waals surface area (Å²) in [5.74, 6) is 0. The fourth-order valence-electron chi connectivity index (χ4n) is 4.29. The molecule has 2 heterocycles. The molecular formula is C20H38O11. The van der Waals surface area contributed by atoms with Crippen LogP contribution in [-0.4, -0.2) is 132 Å². The summed E-state index contributed by atoms with van der Waals surface area (Å²) >= 11 is 0. The van der Waals surface area contributed by atoms with Crippen LogP contribution >= 0.6 is 0 Å². The Bertz CT molecular complexity index is 496. The second-order valence-electron chi connectivity index (χ2n) is 7.33. The zero-order chi connectivity index (χ0) is 23.0. The summed E-state index contributed by atoms with van der Waals surface area (Å²) < 4.78 is 63.2. The van der Waals surface area contributed by atoms with Gasteiger partial charge in [0.2, 0.25) is 0 Å². The van der Waals surface area contributed by atoms with Gasteiger partial charge in [-0.1, -0.05) is 0 Å². The van der Waals surface area contributed by atoms with Crippen LogP contribution in [0.4, 0.5) is 0 Å². The zero-order valence-electron chi connectivity index (χ0n) is 19.7. The highest BCUT2D eigenvalue weighted by molar-refractivity contribution is 4.96. The molecule has 2 aliphatic heterocycles. The van der Waals surface area contributed by atoms with Crippen LogP contribution in [0.3, 0.4) is 0 Å². The Morgan fingerprint density at radius 1 is 0.452 bits per heavy atom. The molecule has 0 N–H and O–H groups in total. The lowest BCUT2D eigenvalue weighted by molar-refractivity contribution is -0.365. The predicted molar refractivity (Wildman–Crippen MR) is 107 cm³/mol. The van der Waals surface area contributed by atoms with E-state index in [-0.39, 0.29) is 13.2 Å². The SMILES string of the molecule is COCC1O[C@@H](O[C@H]2C(OC)C(OC)[C@@H](OC)O[C@@H]2COC)C(OC)[C@@H](OC)[C@H]1OC. The van der Waals surface area contributed by atoms with Gasteiger partial charge in [-0.3, -0.25) is 0 Å². The van der Waals surface area contributed by atoms with Crippen LogP contribution in [0.15, 0.2) is 0 Å². The minimum absolute atomic E-state index is 0.251. The molecule has 2 saturated heterocycles. The Balaban J connectivity index is 2.32. The van der Waals surface area contributed by atoms with Gasteiger partial charge in [-0.15, -0.1) is 0 Å². The van der Waals surface area contributed by atoms with Crippen LogP contribution in [0.2, 0.25) is 0 Å². The van der Waals surface area contributed by atoms with Crippen molar-refractivity contribution in [3.63, 3.8) is 0 Å². The Hall–Kier alpha value is -0.440. The standard InChI is InChI=1S/C20H38O11/c1-21-9-11-13(23-3)15(24-4)18(27-7)20(30-11)31-14-12(10-22-2)29-19(28-8)17(26-6)16(14)25-5/h11-20H,9-10H2,1-8H3/t11?,12-,13+,14-,15+,16?,17?,18?,19+,20+/m1/s1. The molecule has 0 spiro atoms. The smallest absolute Gasteiger partial charge is 0.187 e. The van der Waals surface area contributed by atoms with E-state index >= 15 is 0 Å². The van der Waals surface area contributed by atoms with Crippen molar-refractivity contribution in [3.8, 4) is 0 Å². The van der Waals surface area contributed by atoms with Crippen molar-refractivity contribution in [1.29, 1.82) is 0 Å². The Morgan fingerprint density at radius 3 is 1.32 bits per heavy atom. The first-order chi connectivity index (χ1) is 15.0. The molecule has 2 fully saturated rings. The molecule has 0 saturated carbocycles. The van der Waals surface area contributed by atoms with Crippen molar-refractivity contribution < 1.29 is 52.1 Å². The Labute approximate surface area is 184 Å². The molecule has 0 aromatic carbocycles. The van der Waals surface area contributed by atoms with E-state index in [0.717, 1.165) is 0 Å². The van der Waals surface area contributed by atoms with Gasteiger partial charge in [0.25, 0.3) is 0 Å². The van der Waals surface area contributed by atoms with Gasteiger partial charge in [0.05, 0.1) is 13.2 Å². The Morgan fingerprint density at radius 2 is 0.871 bits per heavy atom. The van der Waals surface area contributed by atoms with Crippen molar-refractivity contribution in [3.05, 3.63) is 0 Å². The molecule has 0 aromatic heterocycles. The molecule has 0 aliphatic carbocycles. The van der Waals surface area contributed by atoms with E-state index in [1.54, 1.807) is 56.9 Å². The predicted octanol–water partition coefficient (Wildman–Crippen LogP) is -0.164.